The first kappa shape index (κ1) is 21.0. The molecule has 4 nitrogen and oxygen atoms in total. The summed E-state index contributed by atoms with van der Waals surface area (Å²) in [6, 6.07) is 19.7. The largest absolute Gasteiger partial charge is 0.355 e. The highest BCUT2D eigenvalue weighted by Crippen LogP contribution is 2.14. The maximum Gasteiger partial charge on any atom is 0.242 e. The Hall–Kier alpha value is -2.27. The van der Waals surface area contributed by atoms with E-state index in [1.165, 1.54) is 5.56 Å². The number of carbonyl (C=O) groups excluding carboxylic acids is 2. The summed E-state index contributed by atoms with van der Waals surface area (Å²) < 4.78 is 0. The molecule has 0 bridgehead atoms. The molecule has 0 aliphatic carbocycles. The molecule has 0 saturated heterocycles. The first-order valence-corrected chi connectivity index (χ1v) is 10.5. The Kier molecular flexibility index (Phi) is 8.92. The van der Waals surface area contributed by atoms with Crippen molar-refractivity contribution in [1.29, 1.82) is 0 Å². The molecule has 0 heterocycles. The van der Waals surface area contributed by atoms with E-state index >= 15 is 0 Å². The van der Waals surface area contributed by atoms with Crippen LogP contribution in [0.25, 0.3) is 0 Å². The van der Waals surface area contributed by atoms with Crippen LogP contribution in [0.15, 0.2) is 60.7 Å². The third-order valence-electron chi connectivity index (χ3n) is 4.34. The average molecular weight is 385 g/mol. The number of amides is 2. The molecule has 2 aromatic carbocycles. The van der Waals surface area contributed by atoms with Crippen LogP contribution in [-0.2, 0) is 21.8 Å². The van der Waals surface area contributed by atoms with Crippen molar-refractivity contribution in [3.8, 4) is 0 Å². The van der Waals surface area contributed by atoms with Crippen LogP contribution in [0.2, 0.25) is 0 Å². The normalized spacial score (nSPS) is 11.6. The molecule has 0 unspecified atom stereocenters. The fourth-order valence-electron chi connectivity index (χ4n) is 2.81. The zero-order chi connectivity index (χ0) is 19.5. The molecule has 5 heteroatoms. The van der Waals surface area contributed by atoms with Gasteiger partial charge in [0.15, 0.2) is 0 Å². The fourth-order valence-corrected chi connectivity index (χ4v) is 3.68. The van der Waals surface area contributed by atoms with Crippen molar-refractivity contribution in [2.45, 2.75) is 32.1 Å². The summed E-state index contributed by atoms with van der Waals surface area (Å²) in [6.07, 6.45) is 0.736. The molecule has 0 saturated carbocycles. The number of nitrogens with one attached hydrogen (secondary N) is 1. The molecule has 2 aromatic rings. The van der Waals surface area contributed by atoms with Gasteiger partial charge in [0, 0.05) is 18.8 Å². The molecular weight excluding hydrogens is 356 g/mol. The van der Waals surface area contributed by atoms with Crippen LogP contribution in [0.5, 0.6) is 0 Å². The van der Waals surface area contributed by atoms with Gasteiger partial charge in [-0.25, -0.2) is 0 Å². The van der Waals surface area contributed by atoms with Crippen molar-refractivity contribution in [2.24, 2.45) is 0 Å². The summed E-state index contributed by atoms with van der Waals surface area (Å²) in [7, 11) is 0. The lowest BCUT2D eigenvalue weighted by atomic mass is 10.1. The molecule has 0 aromatic heterocycles. The highest BCUT2D eigenvalue weighted by atomic mass is 32.2. The second kappa shape index (κ2) is 11.4. The summed E-state index contributed by atoms with van der Waals surface area (Å²) in [4.78, 5) is 26.8. The van der Waals surface area contributed by atoms with Crippen LogP contribution in [0.1, 0.15) is 25.0 Å². The molecule has 0 aliphatic heterocycles. The Balaban J connectivity index is 1.96. The van der Waals surface area contributed by atoms with E-state index < -0.39 is 6.04 Å². The SMILES string of the molecule is CCNC(=O)[C@@H](C)N(CCc1ccccc1)C(=O)CSCc1ccccc1. The van der Waals surface area contributed by atoms with Crippen molar-refractivity contribution >= 4 is 23.6 Å². The molecule has 1 atom stereocenters. The van der Waals surface area contributed by atoms with Gasteiger partial charge in [0.25, 0.3) is 0 Å². The highest BCUT2D eigenvalue weighted by Gasteiger charge is 2.25. The Morgan fingerprint density at radius 1 is 1.00 bits per heavy atom. The van der Waals surface area contributed by atoms with Gasteiger partial charge >= 0.3 is 0 Å². The number of nitrogens with zero attached hydrogens (tertiary/aromatic N) is 1. The van der Waals surface area contributed by atoms with Crippen molar-refractivity contribution < 1.29 is 9.59 Å². The summed E-state index contributed by atoms with van der Waals surface area (Å²) in [6.45, 7) is 4.78. The third kappa shape index (κ3) is 7.10. The number of rotatable bonds is 10. The van der Waals surface area contributed by atoms with Gasteiger partial charge in [-0.3, -0.25) is 9.59 Å². The predicted molar refractivity (Wildman–Crippen MR) is 113 cm³/mol. The second-order valence-electron chi connectivity index (χ2n) is 6.37. The Labute approximate surface area is 166 Å². The van der Waals surface area contributed by atoms with Crippen molar-refractivity contribution in [3.05, 3.63) is 71.8 Å². The molecule has 0 aliphatic rings. The van der Waals surface area contributed by atoms with Crippen molar-refractivity contribution in [2.75, 3.05) is 18.8 Å². The van der Waals surface area contributed by atoms with Crippen LogP contribution >= 0.6 is 11.8 Å². The number of hydrogen-bond acceptors (Lipinski definition) is 3. The third-order valence-corrected chi connectivity index (χ3v) is 5.33. The molecule has 2 amide bonds. The molecule has 0 radical (unpaired) electrons. The lowest BCUT2D eigenvalue weighted by molar-refractivity contribution is -0.137. The van der Waals surface area contributed by atoms with E-state index in [9.17, 15) is 9.59 Å². The minimum atomic E-state index is -0.474. The first-order chi connectivity index (χ1) is 13.1. The van der Waals surface area contributed by atoms with Crippen LogP contribution in [-0.4, -0.2) is 41.6 Å². The van der Waals surface area contributed by atoms with Crippen molar-refractivity contribution in [3.63, 3.8) is 0 Å². The predicted octanol–water partition coefficient (Wildman–Crippen LogP) is 3.52. The van der Waals surface area contributed by atoms with Gasteiger partial charge in [0.2, 0.25) is 11.8 Å². The van der Waals surface area contributed by atoms with E-state index in [2.05, 4.69) is 17.4 Å². The fraction of sp³-hybridized carbons (Fsp3) is 0.364. The monoisotopic (exact) mass is 384 g/mol. The van der Waals surface area contributed by atoms with E-state index in [-0.39, 0.29) is 11.8 Å². The number of hydrogen-bond donors (Lipinski definition) is 1. The maximum atomic E-state index is 12.8. The van der Waals surface area contributed by atoms with Crippen molar-refractivity contribution in [1.82, 2.24) is 10.2 Å². The summed E-state index contributed by atoms with van der Waals surface area (Å²) in [5.74, 6) is 1.06. The first-order valence-electron chi connectivity index (χ1n) is 9.34. The molecule has 144 valence electrons. The molecule has 2 rings (SSSR count). The Morgan fingerprint density at radius 2 is 1.59 bits per heavy atom. The quantitative estimate of drug-likeness (QED) is 0.682. The van der Waals surface area contributed by atoms with Gasteiger partial charge in [-0.05, 0) is 31.4 Å². The van der Waals surface area contributed by atoms with E-state index in [0.717, 1.165) is 17.7 Å². The Bertz CT molecular complexity index is 707. The number of carbonyl (C=O) groups is 2. The van der Waals surface area contributed by atoms with E-state index in [4.69, 9.17) is 0 Å². The Morgan fingerprint density at radius 3 is 2.19 bits per heavy atom. The maximum absolute atomic E-state index is 12.8. The molecule has 1 N–H and O–H groups in total. The van der Waals surface area contributed by atoms with Crippen LogP contribution in [0, 0.1) is 0 Å². The number of benzene rings is 2. The second-order valence-corrected chi connectivity index (χ2v) is 7.36. The minimum absolute atomic E-state index is 0.00520. The van der Waals surface area contributed by atoms with Crippen LogP contribution in [0.4, 0.5) is 0 Å². The summed E-state index contributed by atoms with van der Waals surface area (Å²) >= 11 is 1.58. The number of likely N-dealkylation sites (N-methyl/N-ethyl adjacent to an activating group) is 1. The van der Waals surface area contributed by atoms with E-state index in [0.29, 0.717) is 18.8 Å². The highest BCUT2D eigenvalue weighted by molar-refractivity contribution is 7.99. The minimum Gasteiger partial charge on any atom is -0.355 e. The molecule has 27 heavy (non-hydrogen) atoms. The lowest BCUT2D eigenvalue weighted by Gasteiger charge is -2.28. The van der Waals surface area contributed by atoms with Gasteiger partial charge in [-0.15, -0.1) is 11.8 Å². The van der Waals surface area contributed by atoms with Gasteiger partial charge in [0.05, 0.1) is 5.75 Å². The van der Waals surface area contributed by atoms with E-state index in [1.807, 2.05) is 55.5 Å². The van der Waals surface area contributed by atoms with Crippen LogP contribution in [0.3, 0.4) is 0 Å². The number of thioether (sulfide) groups is 1. The molecule has 0 spiro atoms. The van der Waals surface area contributed by atoms with Gasteiger partial charge < -0.3 is 10.2 Å². The zero-order valence-electron chi connectivity index (χ0n) is 16.1. The van der Waals surface area contributed by atoms with Gasteiger partial charge in [0.1, 0.15) is 6.04 Å². The molecule has 0 fully saturated rings. The standard InChI is InChI=1S/C22H28N2O2S/c1-3-23-22(26)18(2)24(15-14-19-10-6-4-7-11-19)21(25)17-27-16-20-12-8-5-9-13-20/h4-13,18H,3,14-17H2,1-2H3,(H,23,26)/t18-/m1/s1. The summed E-state index contributed by atoms with van der Waals surface area (Å²) in [5.41, 5.74) is 2.36. The smallest absolute Gasteiger partial charge is 0.242 e. The van der Waals surface area contributed by atoms with E-state index in [1.54, 1.807) is 23.6 Å². The van der Waals surface area contributed by atoms with Crippen LogP contribution < -0.4 is 5.32 Å². The van der Waals surface area contributed by atoms with Gasteiger partial charge in [-0.1, -0.05) is 60.7 Å². The summed E-state index contributed by atoms with van der Waals surface area (Å²) in [5, 5.41) is 2.82. The molecular formula is C22H28N2O2S. The zero-order valence-corrected chi connectivity index (χ0v) is 16.9. The topological polar surface area (TPSA) is 49.4 Å². The van der Waals surface area contributed by atoms with Gasteiger partial charge in [-0.2, -0.15) is 0 Å². The average Bonchev–Trinajstić information content (AvgIpc) is 2.70. The lowest BCUT2D eigenvalue weighted by Crippen LogP contribution is -2.49.